The van der Waals surface area contributed by atoms with Crippen LogP contribution in [0.3, 0.4) is 0 Å². The van der Waals surface area contributed by atoms with Gasteiger partial charge in [0.05, 0.1) is 17.9 Å². The molecular formula is C14H20N4OS. The molecule has 0 radical (unpaired) electrons. The molecule has 1 aliphatic rings. The molecule has 20 heavy (non-hydrogen) atoms. The number of nitrogens with zero attached hydrogens (tertiary/aromatic N) is 3. The second-order valence-electron chi connectivity index (χ2n) is 5.33. The number of thiazole rings is 1. The van der Waals surface area contributed by atoms with Crippen LogP contribution in [0.15, 0.2) is 6.20 Å². The number of aromatic nitrogens is 2. The normalized spacial score (nSPS) is 15.4. The summed E-state index contributed by atoms with van der Waals surface area (Å²) in [5.41, 5.74) is 2.19. The summed E-state index contributed by atoms with van der Waals surface area (Å²) in [6, 6.07) is 0. The van der Waals surface area contributed by atoms with Crippen molar-refractivity contribution in [3.63, 3.8) is 0 Å². The molecule has 0 spiro atoms. The fourth-order valence-corrected chi connectivity index (χ4v) is 3.58. The standard InChI is InChI=1S/C14H20N4OS/c1-10-9-18-12(11(2)16-14(18)20-10)7-15-8-13(19)17-5-3-4-6-17/h9,15H,3-8H2,1-2H3. The van der Waals surface area contributed by atoms with Crippen molar-refractivity contribution in [1.82, 2.24) is 19.6 Å². The van der Waals surface area contributed by atoms with Crippen LogP contribution < -0.4 is 5.32 Å². The molecule has 1 saturated heterocycles. The van der Waals surface area contributed by atoms with E-state index in [1.54, 1.807) is 11.3 Å². The van der Waals surface area contributed by atoms with Crippen LogP contribution in [0.25, 0.3) is 4.96 Å². The minimum absolute atomic E-state index is 0.211. The van der Waals surface area contributed by atoms with Crippen molar-refractivity contribution in [3.8, 4) is 0 Å². The number of carbonyl (C=O) groups excluding carboxylic acids is 1. The summed E-state index contributed by atoms with van der Waals surface area (Å²) in [4.78, 5) is 20.8. The molecule has 5 nitrogen and oxygen atoms in total. The minimum Gasteiger partial charge on any atom is -0.342 e. The van der Waals surface area contributed by atoms with Gasteiger partial charge in [0.2, 0.25) is 5.91 Å². The highest BCUT2D eigenvalue weighted by molar-refractivity contribution is 7.17. The van der Waals surface area contributed by atoms with Crippen molar-refractivity contribution in [2.75, 3.05) is 19.6 Å². The zero-order valence-corrected chi connectivity index (χ0v) is 12.8. The van der Waals surface area contributed by atoms with Crippen molar-refractivity contribution in [2.24, 2.45) is 0 Å². The molecule has 1 amide bonds. The van der Waals surface area contributed by atoms with E-state index < -0.39 is 0 Å². The van der Waals surface area contributed by atoms with Crippen molar-refractivity contribution in [2.45, 2.75) is 33.2 Å². The van der Waals surface area contributed by atoms with Gasteiger partial charge in [0.1, 0.15) is 0 Å². The number of imidazole rings is 1. The average Bonchev–Trinajstić information content (AvgIpc) is 3.08. The van der Waals surface area contributed by atoms with Gasteiger partial charge in [0.25, 0.3) is 0 Å². The number of amides is 1. The molecule has 2 aromatic heterocycles. The van der Waals surface area contributed by atoms with E-state index in [0.717, 1.165) is 42.3 Å². The molecule has 3 rings (SSSR count). The quantitative estimate of drug-likeness (QED) is 0.933. The summed E-state index contributed by atoms with van der Waals surface area (Å²) in [5, 5.41) is 3.26. The van der Waals surface area contributed by atoms with Gasteiger partial charge >= 0.3 is 0 Å². The number of rotatable bonds is 4. The zero-order chi connectivity index (χ0) is 14.1. The lowest BCUT2D eigenvalue weighted by atomic mass is 10.3. The first-order valence-corrected chi connectivity index (χ1v) is 7.89. The molecule has 2 aromatic rings. The Bertz CT molecular complexity index is 624. The summed E-state index contributed by atoms with van der Waals surface area (Å²) in [7, 11) is 0. The maximum Gasteiger partial charge on any atom is 0.236 e. The van der Waals surface area contributed by atoms with Gasteiger partial charge in [-0.1, -0.05) is 0 Å². The number of carbonyl (C=O) groups is 1. The second-order valence-corrected chi connectivity index (χ2v) is 6.54. The summed E-state index contributed by atoms with van der Waals surface area (Å²) in [5.74, 6) is 0.211. The largest absolute Gasteiger partial charge is 0.342 e. The lowest BCUT2D eigenvalue weighted by molar-refractivity contribution is -0.129. The van der Waals surface area contributed by atoms with Crippen LogP contribution in [0.2, 0.25) is 0 Å². The van der Waals surface area contributed by atoms with Gasteiger partial charge in [-0.3, -0.25) is 9.20 Å². The molecule has 0 unspecified atom stereocenters. The molecule has 0 aliphatic carbocycles. The van der Waals surface area contributed by atoms with Crippen LogP contribution in [-0.2, 0) is 11.3 Å². The van der Waals surface area contributed by atoms with E-state index >= 15 is 0 Å². The summed E-state index contributed by atoms with van der Waals surface area (Å²) >= 11 is 1.70. The first kappa shape index (κ1) is 13.6. The van der Waals surface area contributed by atoms with Gasteiger partial charge in [0, 0.05) is 30.7 Å². The monoisotopic (exact) mass is 292 g/mol. The van der Waals surface area contributed by atoms with E-state index in [4.69, 9.17) is 0 Å². The predicted molar refractivity (Wildman–Crippen MR) is 80.1 cm³/mol. The highest BCUT2D eigenvalue weighted by Crippen LogP contribution is 2.20. The van der Waals surface area contributed by atoms with Gasteiger partial charge in [-0.05, 0) is 26.7 Å². The van der Waals surface area contributed by atoms with Crippen molar-refractivity contribution in [1.29, 1.82) is 0 Å². The minimum atomic E-state index is 0.211. The summed E-state index contributed by atoms with van der Waals surface area (Å²) < 4.78 is 2.13. The summed E-state index contributed by atoms with van der Waals surface area (Å²) in [6.07, 6.45) is 4.39. The van der Waals surface area contributed by atoms with Crippen molar-refractivity contribution >= 4 is 22.2 Å². The molecule has 1 N–H and O–H groups in total. The molecule has 0 saturated carbocycles. The van der Waals surface area contributed by atoms with Gasteiger partial charge in [-0.25, -0.2) is 4.98 Å². The fourth-order valence-electron chi connectivity index (χ4n) is 2.69. The third kappa shape index (κ3) is 2.58. The van der Waals surface area contributed by atoms with Gasteiger partial charge in [0.15, 0.2) is 4.96 Å². The number of fused-ring (bicyclic) bond motifs is 1. The Morgan fingerprint density at radius 3 is 2.90 bits per heavy atom. The molecule has 1 aliphatic heterocycles. The van der Waals surface area contributed by atoms with Crippen molar-refractivity contribution in [3.05, 3.63) is 22.5 Å². The number of likely N-dealkylation sites (tertiary alicyclic amines) is 1. The third-order valence-corrected chi connectivity index (χ3v) is 4.67. The first-order valence-electron chi connectivity index (χ1n) is 7.07. The van der Waals surface area contributed by atoms with Gasteiger partial charge < -0.3 is 10.2 Å². The predicted octanol–water partition coefficient (Wildman–Crippen LogP) is 1.72. The molecule has 6 heteroatoms. The van der Waals surface area contributed by atoms with Crippen molar-refractivity contribution < 1.29 is 4.79 Å². The molecule has 0 bridgehead atoms. The Hall–Kier alpha value is -1.40. The van der Waals surface area contributed by atoms with E-state index in [9.17, 15) is 4.79 Å². The fraction of sp³-hybridized carbons (Fsp3) is 0.571. The van der Waals surface area contributed by atoms with E-state index in [1.807, 2.05) is 11.8 Å². The van der Waals surface area contributed by atoms with E-state index in [-0.39, 0.29) is 5.91 Å². The number of hydrogen-bond donors (Lipinski definition) is 1. The maximum absolute atomic E-state index is 12.0. The Morgan fingerprint density at radius 1 is 1.40 bits per heavy atom. The van der Waals surface area contributed by atoms with Crippen LogP contribution >= 0.6 is 11.3 Å². The lowest BCUT2D eigenvalue weighted by Gasteiger charge is -2.15. The van der Waals surface area contributed by atoms with Crippen LogP contribution in [0.5, 0.6) is 0 Å². The molecule has 0 atom stereocenters. The SMILES string of the molecule is Cc1cn2c(CNCC(=O)N3CCCC3)c(C)nc2s1. The van der Waals surface area contributed by atoms with E-state index in [2.05, 4.69) is 27.8 Å². The van der Waals surface area contributed by atoms with E-state index in [0.29, 0.717) is 13.1 Å². The molecule has 3 heterocycles. The average molecular weight is 292 g/mol. The maximum atomic E-state index is 12.0. The van der Waals surface area contributed by atoms with E-state index in [1.165, 1.54) is 4.88 Å². The number of aryl methyl sites for hydroxylation is 2. The van der Waals surface area contributed by atoms with Crippen LogP contribution in [-0.4, -0.2) is 39.8 Å². The smallest absolute Gasteiger partial charge is 0.236 e. The molecular weight excluding hydrogens is 272 g/mol. The van der Waals surface area contributed by atoms with Crippen LogP contribution in [0, 0.1) is 13.8 Å². The van der Waals surface area contributed by atoms with Gasteiger partial charge in [-0.15, -0.1) is 11.3 Å². The Labute approximate surface area is 122 Å². The van der Waals surface area contributed by atoms with Crippen LogP contribution in [0.4, 0.5) is 0 Å². The Balaban J connectivity index is 1.61. The number of hydrogen-bond acceptors (Lipinski definition) is 4. The van der Waals surface area contributed by atoms with Crippen LogP contribution in [0.1, 0.15) is 29.1 Å². The summed E-state index contributed by atoms with van der Waals surface area (Å²) in [6.45, 7) is 7.04. The lowest BCUT2D eigenvalue weighted by Crippen LogP contribution is -2.36. The topological polar surface area (TPSA) is 49.6 Å². The highest BCUT2D eigenvalue weighted by atomic mass is 32.1. The molecule has 108 valence electrons. The third-order valence-electron chi connectivity index (χ3n) is 3.77. The zero-order valence-electron chi connectivity index (χ0n) is 12.0. The Morgan fingerprint density at radius 2 is 2.15 bits per heavy atom. The molecule has 0 aromatic carbocycles. The Kier molecular flexibility index (Phi) is 3.76. The molecule has 1 fully saturated rings. The van der Waals surface area contributed by atoms with Gasteiger partial charge in [-0.2, -0.15) is 0 Å². The first-order chi connectivity index (χ1) is 9.65. The second kappa shape index (κ2) is 5.54. The number of nitrogens with one attached hydrogen (secondary N) is 1. The highest BCUT2D eigenvalue weighted by Gasteiger charge is 2.17.